The molecule has 1 heterocycles. The monoisotopic (exact) mass is 261 g/mol. The van der Waals surface area contributed by atoms with Gasteiger partial charge in [0.25, 0.3) is 0 Å². The minimum Gasteiger partial charge on any atom is -0.353 e. The number of nitrogens with zero attached hydrogens (tertiary/aromatic N) is 2. The molecule has 1 atom stereocenters. The number of nitrogens with one attached hydrogen (secondary N) is 1. The fraction of sp³-hybridized carbons (Fsp3) is 0.429. The van der Waals surface area contributed by atoms with Crippen LogP contribution in [0.25, 0.3) is 0 Å². The Balaban J connectivity index is 2.15. The molecule has 4 heteroatoms. The lowest BCUT2D eigenvalue weighted by atomic mass is 9.97. The maximum atomic E-state index is 4.15. The lowest BCUT2D eigenvalue weighted by Gasteiger charge is -2.20. The Kier molecular flexibility index (Phi) is 4.31. The Morgan fingerprint density at radius 3 is 2.44 bits per heavy atom. The van der Waals surface area contributed by atoms with E-state index in [2.05, 4.69) is 53.6 Å². The van der Waals surface area contributed by atoms with Gasteiger partial charge in [-0.3, -0.25) is 0 Å². The molecule has 0 bridgehead atoms. The van der Waals surface area contributed by atoms with E-state index in [1.165, 1.54) is 5.56 Å². The molecule has 96 valence electrons. The smallest absolute Gasteiger partial charge is 0.206 e. The van der Waals surface area contributed by atoms with Gasteiger partial charge in [0, 0.05) is 0 Å². The number of rotatable bonds is 5. The standard InChI is InChI=1S/C14H19N3S/c1-10(2)9-13(12-7-5-4-6-8-12)15-14-17-16-11(3)18-14/h4-8,10,13H,9H2,1-3H3,(H,15,17). The predicted octanol–water partition coefficient (Wildman–Crippen LogP) is 4.05. The number of aromatic nitrogens is 2. The molecule has 1 N–H and O–H groups in total. The largest absolute Gasteiger partial charge is 0.353 e. The minimum atomic E-state index is 0.304. The molecule has 0 amide bonds. The van der Waals surface area contributed by atoms with Crippen molar-refractivity contribution in [2.75, 3.05) is 5.32 Å². The first kappa shape index (κ1) is 13.0. The van der Waals surface area contributed by atoms with E-state index < -0.39 is 0 Å². The summed E-state index contributed by atoms with van der Waals surface area (Å²) in [7, 11) is 0. The van der Waals surface area contributed by atoms with E-state index in [4.69, 9.17) is 0 Å². The van der Waals surface area contributed by atoms with Gasteiger partial charge in [-0.15, -0.1) is 10.2 Å². The number of benzene rings is 1. The summed E-state index contributed by atoms with van der Waals surface area (Å²) in [6.45, 7) is 6.45. The van der Waals surface area contributed by atoms with Crippen molar-refractivity contribution >= 4 is 16.5 Å². The molecule has 0 saturated carbocycles. The van der Waals surface area contributed by atoms with Crippen LogP contribution >= 0.6 is 11.3 Å². The summed E-state index contributed by atoms with van der Waals surface area (Å²) in [5.41, 5.74) is 1.30. The van der Waals surface area contributed by atoms with Gasteiger partial charge in [0.2, 0.25) is 5.13 Å². The Bertz CT molecular complexity index is 479. The Labute approximate surface area is 112 Å². The SMILES string of the molecule is Cc1nnc(NC(CC(C)C)c2ccccc2)s1. The van der Waals surface area contributed by atoms with Crippen molar-refractivity contribution in [3.05, 3.63) is 40.9 Å². The minimum absolute atomic E-state index is 0.304. The zero-order chi connectivity index (χ0) is 13.0. The average molecular weight is 261 g/mol. The second-order valence-electron chi connectivity index (χ2n) is 4.86. The zero-order valence-corrected chi connectivity index (χ0v) is 11.9. The van der Waals surface area contributed by atoms with E-state index >= 15 is 0 Å². The van der Waals surface area contributed by atoms with Crippen molar-refractivity contribution in [2.45, 2.75) is 33.2 Å². The van der Waals surface area contributed by atoms with Crippen LogP contribution in [0.3, 0.4) is 0 Å². The van der Waals surface area contributed by atoms with Crippen molar-refractivity contribution in [1.82, 2.24) is 10.2 Å². The topological polar surface area (TPSA) is 37.8 Å². The summed E-state index contributed by atoms with van der Waals surface area (Å²) in [5, 5.41) is 13.6. The third-order valence-electron chi connectivity index (χ3n) is 2.73. The second-order valence-corrected chi connectivity index (χ2v) is 6.05. The van der Waals surface area contributed by atoms with Crippen LogP contribution in [0.2, 0.25) is 0 Å². The van der Waals surface area contributed by atoms with E-state index in [-0.39, 0.29) is 0 Å². The molecule has 2 aromatic rings. The maximum Gasteiger partial charge on any atom is 0.206 e. The average Bonchev–Trinajstić information content (AvgIpc) is 2.75. The van der Waals surface area contributed by atoms with Gasteiger partial charge in [-0.25, -0.2) is 0 Å². The molecule has 0 radical (unpaired) electrons. The van der Waals surface area contributed by atoms with Crippen LogP contribution in [-0.2, 0) is 0 Å². The molecule has 0 aliphatic carbocycles. The van der Waals surface area contributed by atoms with E-state index in [9.17, 15) is 0 Å². The van der Waals surface area contributed by atoms with Gasteiger partial charge in [0.15, 0.2) is 0 Å². The first-order valence-corrected chi connectivity index (χ1v) is 7.08. The van der Waals surface area contributed by atoms with Gasteiger partial charge in [-0.1, -0.05) is 55.5 Å². The van der Waals surface area contributed by atoms with Crippen LogP contribution in [-0.4, -0.2) is 10.2 Å². The highest BCUT2D eigenvalue weighted by molar-refractivity contribution is 7.15. The molecular weight excluding hydrogens is 242 g/mol. The second kappa shape index (κ2) is 5.96. The number of hydrogen-bond donors (Lipinski definition) is 1. The van der Waals surface area contributed by atoms with Gasteiger partial charge >= 0.3 is 0 Å². The fourth-order valence-corrected chi connectivity index (χ4v) is 2.58. The third-order valence-corrected chi connectivity index (χ3v) is 3.50. The molecule has 0 aliphatic rings. The van der Waals surface area contributed by atoms with E-state index in [0.29, 0.717) is 12.0 Å². The Morgan fingerprint density at radius 1 is 1.17 bits per heavy atom. The van der Waals surface area contributed by atoms with Crippen molar-refractivity contribution in [3.8, 4) is 0 Å². The molecule has 18 heavy (non-hydrogen) atoms. The van der Waals surface area contributed by atoms with Gasteiger partial charge in [-0.05, 0) is 24.8 Å². The first-order chi connectivity index (χ1) is 8.65. The molecule has 1 aromatic heterocycles. The number of aryl methyl sites for hydroxylation is 1. The quantitative estimate of drug-likeness (QED) is 0.882. The fourth-order valence-electron chi connectivity index (χ4n) is 1.94. The highest BCUT2D eigenvalue weighted by Crippen LogP contribution is 2.27. The molecule has 0 fully saturated rings. The summed E-state index contributed by atoms with van der Waals surface area (Å²) >= 11 is 1.60. The summed E-state index contributed by atoms with van der Waals surface area (Å²) in [6, 6.07) is 10.8. The normalized spacial score (nSPS) is 12.7. The molecule has 1 aromatic carbocycles. The lowest BCUT2D eigenvalue weighted by molar-refractivity contribution is 0.530. The molecular formula is C14H19N3S. The first-order valence-electron chi connectivity index (χ1n) is 6.26. The lowest BCUT2D eigenvalue weighted by Crippen LogP contribution is -2.13. The maximum absolute atomic E-state index is 4.15. The van der Waals surface area contributed by atoms with Crippen LogP contribution in [0.15, 0.2) is 30.3 Å². The van der Waals surface area contributed by atoms with Crippen LogP contribution in [0, 0.1) is 12.8 Å². The molecule has 0 aliphatic heterocycles. The molecule has 3 nitrogen and oxygen atoms in total. The molecule has 0 spiro atoms. The number of hydrogen-bond acceptors (Lipinski definition) is 4. The van der Waals surface area contributed by atoms with Gasteiger partial charge in [-0.2, -0.15) is 0 Å². The van der Waals surface area contributed by atoms with Gasteiger partial charge < -0.3 is 5.32 Å². The summed E-state index contributed by atoms with van der Waals surface area (Å²) in [5.74, 6) is 0.636. The van der Waals surface area contributed by atoms with Crippen molar-refractivity contribution in [2.24, 2.45) is 5.92 Å². The van der Waals surface area contributed by atoms with Crippen LogP contribution in [0.1, 0.15) is 36.9 Å². The number of anilines is 1. The van der Waals surface area contributed by atoms with Crippen molar-refractivity contribution in [1.29, 1.82) is 0 Å². The van der Waals surface area contributed by atoms with Crippen molar-refractivity contribution in [3.63, 3.8) is 0 Å². The predicted molar refractivity (Wildman–Crippen MR) is 76.9 cm³/mol. The summed E-state index contributed by atoms with van der Waals surface area (Å²) in [6.07, 6.45) is 1.09. The van der Waals surface area contributed by atoms with Crippen LogP contribution in [0.5, 0.6) is 0 Å². The van der Waals surface area contributed by atoms with E-state index in [1.807, 2.05) is 13.0 Å². The summed E-state index contributed by atoms with van der Waals surface area (Å²) in [4.78, 5) is 0. The zero-order valence-electron chi connectivity index (χ0n) is 11.1. The highest BCUT2D eigenvalue weighted by Gasteiger charge is 2.14. The Morgan fingerprint density at radius 2 is 1.89 bits per heavy atom. The van der Waals surface area contributed by atoms with E-state index in [0.717, 1.165) is 16.6 Å². The molecule has 2 rings (SSSR count). The van der Waals surface area contributed by atoms with Crippen molar-refractivity contribution < 1.29 is 0 Å². The Hall–Kier alpha value is -1.42. The van der Waals surface area contributed by atoms with Gasteiger partial charge in [0.1, 0.15) is 5.01 Å². The van der Waals surface area contributed by atoms with Gasteiger partial charge in [0.05, 0.1) is 6.04 Å². The molecule has 1 unspecified atom stereocenters. The third kappa shape index (κ3) is 3.53. The van der Waals surface area contributed by atoms with Crippen LogP contribution in [0.4, 0.5) is 5.13 Å². The summed E-state index contributed by atoms with van der Waals surface area (Å²) < 4.78 is 0. The van der Waals surface area contributed by atoms with E-state index in [1.54, 1.807) is 11.3 Å². The highest BCUT2D eigenvalue weighted by atomic mass is 32.1. The van der Waals surface area contributed by atoms with Crippen LogP contribution < -0.4 is 5.32 Å². The molecule has 0 saturated heterocycles.